The molecule has 0 saturated heterocycles. The third-order valence-electron chi connectivity index (χ3n) is 4.76. The maximum Gasteiger partial charge on any atom is 0.215 e. The van der Waals surface area contributed by atoms with Crippen LogP contribution < -0.4 is 0 Å². The van der Waals surface area contributed by atoms with E-state index in [4.69, 9.17) is 0 Å². The number of ketones is 1. The second-order valence-corrected chi connectivity index (χ2v) is 6.35. The molecule has 0 bridgehead atoms. The fourth-order valence-corrected chi connectivity index (χ4v) is 3.54. The van der Waals surface area contributed by atoms with E-state index in [2.05, 4.69) is 27.9 Å². The number of benzene rings is 1. The van der Waals surface area contributed by atoms with Crippen LogP contribution in [-0.2, 0) is 26.9 Å². The van der Waals surface area contributed by atoms with E-state index in [0.717, 1.165) is 18.5 Å². The average molecular weight is 320 g/mol. The highest BCUT2D eigenvalue weighted by molar-refractivity contribution is 6.10. The molecule has 4 rings (SSSR count). The molecule has 1 aliphatic carbocycles. The Morgan fingerprint density at radius 2 is 1.79 bits per heavy atom. The van der Waals surface area contributed by atoms with Crippen molar-refractivity contribution < 1.29 is 4.79 Å². The first-order chi connectivity index (χ1) is 11.6. The average Bonchev–Trinajstić information content (AvgIpc) is 3.16. The lowest BCUT2D eigenvalue weighted by molar-refractivity contribution is 0.103. The first-order valence-corrected chi connectivity index (χ1v) is 8.34. The van der Waals surface area contributed by atoms with Gasteiger partial charge in [-0.05, 0) is 37.3 Å². The van der Waals surface area contributed by atoms with Gasteiger partial charge in [0.15, 0.2) is 5.69 Å². The lowest BCUT2D eigenvalue weighted by Crippen LogP contribution is -2.07. The number of carbonyl (C=O) groups excluding carboxylic acids is 1. The molecule has 0 aliphatic heterocycles. The van der Waals surface area contributed by atoms with Crippen LogP contribution >= 0.6 is 0 Å². The second kappa shape index (κ2) is 5.74. The fraction of sp³-hybridized carbons (Fsp3) is 0.316. The van der Waals surface area contributed by atoms with Crippen molar-refractivity contribution in [1.29, 1.82) is 0 Å². The van der Waals surface area contributed by atoms with Gasteiger partial charge in [0.25, 0.3) is 0 Å². The number of hydrogen-bond donors (Lipinski definition) is 0. The van der Waals surface area contributed by atoms with Crippen molar-refractivity contribution in [2.45, 2.75) is 25.7 Å². The molecule has 0 unspecified atom stereocenters. The van der Waals surface area contributed by atoms with Gasteiger partial charge in [-0.15, -0.1) is 5.10 Å². The van der Waals surface area contributed by atoms with E-state index in [0.29, 0.717) is 17.0 Å². The van der Waals surface area contributed by atoms with E-state index in [1.54, 1.807) is 7.05 Å². The smallest absolute Gasteiger partial charge is 0.215 e. The van der Waals surface area contributed by atoms with Crippen LogP contribution in [0.3, 0.4) is 0 Å². The van der Waals surface area contributed by atoms with Gasteiger partial charge in [0.2, 0.25) is 5.78 Å². The van der Waals surface area contributed by atoms with Gasteiger partial charge in [-0.25, -0.2) is 0 Å². The Morgan fingerprint density at radius 3 is 2.54 bits per heavy atom. The Balaban J connectivity index is 1.83. The van der Waals surface area contributed by atoms with E-state index in [-0.39, 0.29) is 5.78 Å². The van der Waals surface area contributed by atoms with Gasteiger partial charge in [-0.2, -0.15) is 9.90 Å². The minimum absolute atomic E-state index is 0.0853. The molecule has 0 saturated carbocycles. The van der Waals surface area contributed by atoms with Crippen molar-refractivity contribution in [3.05, 3.63) is 58.9 Å². The molecule has 0 radical (unpaired) electrons. The normalized spacial score (nSPS) is 13.8. The van der Waals surface area contributed by atoms with Crippen molar-refractivity contribution in [1.82, 2.24) is 19.6 Å². The SMILES string of the molecule is Cn1nc(C(=O)c2ccccc2)c(-c2cc3c(n2C)CCCC3)n1. The van der Waals surface area contributed by atoms with E-state index >= 15 is 0 Å². The Kier molecular flexibility index (Phi) is 3.56. The van der Waals surface area contributed by atoms with Crippen LogP contribution in [0, 0.1) is 0 Å². The molecular weight excluding hydrogens is 300 g/mol. The molecule has 122 valence electrons. The zero-order valence-electron chi connectivity index (χ0n) is 14.0. The summed E-state index contributed by atoms with van der Waals surface area (Å²) in [6.45, 7) is 0. The van der Waals surface area contributed by atoms with Crippen molar-refractivity contribution >= 4 is 5.78 Å². The first kappa shape index (κ1) is 14.9. The number of aromatic nitrogens is 4. The lowest BCUT2D eigenvalue weighted by atomic mass is 9.98. The fourth-order valence-electron chi connectivity index (χ4n) is 3.54. The van der Waals surface area contributed by atoms with Crippen molar-refractivity contribution in [3.8, 4) is 11.4 Å². The highest BCUT2D eigenvalue weighted by atomic mass is 16.1. The summed E-state index contributed by atoms with van der Waals surface area (Å²) in [6.07, 6.45) is 4.65. The Hall–Kier alpha value is -2.69. The molecule has 1 aliphatic rings. The molecule has 0 N–H and O–H groups in total. The zero-order chi connectivity index (χ0) is 16.7. The molecular formula is C19H20N4O. The van der Waals surface area contributed by atoms with Crippen LogP contribution in [0.15, 0.2) is 36.4 Å². The summed E-state index contributed by atoms with van der Waals surface area (Å²) in [5.74, 6) is -0.0853. The summed E-state index contributed by atoms with van der Waals surface area (Å²) < 4.78 is 2.18. The van der Waals surface area contributed by atoms with Crippen LogP contribution in [0.5, 0.6) is 0 Å². The van der Waals surface area contributed by atoms with Crippen LogP contribution in [-0.4, -0.2) is 25.3 Å². The number of rotatable bonds is 3. The van der Waals surface area contributed by atoms with Crippen LogP contribution in [0.2, 0.25) is 0 Å². The number of hydrogen-bond acceptors (Lipinski definition) is 3. The molecule has 1 aromatic carbocycles. The molecule has 5 heteroatoms. The standard InChI is InChI=1S/C19H20N4O/c1-22-15-11-7-6-10-14(15)12-16(22)17-18(21-23(2)20-17)19(24)13-8-4-3-5-9-13/h3-5,8-9,12H,6-7,10-11H2,1-2H3. The predicted molar refractivity (Wildman–Crippen MR) is 91.9 cm³/mol. The Labute approximate surface area is 140 Å². The molecule has 0 spiro atoms. The van der Waals surface area contributed by atoms with Gasteiger partial charge < -0.3 is 4.57 Å². The minimum atomic E-state index is -0.0853. The van der Waals surface area contributed by atoms with E-state index in [9.17, 15) is 4.79 Å². The van der Waals surface area contributed by atoms with Crippen molar-refractivity contribution in [3.63, 3.8) is 0 Å². The van der Waals surface area contributed by atoms with E-state index in [1.165, 1.54) is 28.9 Å². The number of carbonyl (C=O) groups is 1. The second-order valence-electron chi connectivity index (χ2n) is 6.35. The van der Waals surface area contributed by atoms with Crippen molar-refractivity contribution in [2.75, 3.05) is 0 Å². The maximum absolute atomic E-state index is 12.9. The lowest BCUT2D eigenvalue weighted by Gasteiger charge is -2.13. The largest absolute Gasteiger partial charge is 0.346 e. The number of nitrogens with zero attached hydrogens (tertiary/aromatic N) is 4. The molecule has 24 heavy (non-hydrogen) atoms. The summed E-state index contributed by atoms with van der Waals surface area (Å²) in [6, 6.07) is 11.4. The molecule has 2 heterocycles. The molecule has 5 nitrogen and oxygen atoms in total. The highest BCUT2D eigenvalue weighted by Crippen LogP contribution is 2.31. The minimum Gasteiger partial charge on any atom is -0.346 e. The number of aryl methyl sites for hydroxylation is 2. The van der Waals surface area contributed by atoms with Crippen molar-refractivity contribution in [2.24, 2.45) is 14.1 Å². The Morgan fingerprint density at radius 1 is 1.04 bits per heavy atom. The van der Waals surface area contributed by atoms with E-state index < -0.39 is 0 Å². The Bertz CT molecular complexity index is 905. The third kappa shape index (κ3) is 2.37. The molecule has 0 atom stereocenters. The van der Waals surface area contributed by atoms with Crippen LogP contribution in [0.1, 0.15) is 40.2 Å². The summed E-state index contributed by atoms with van der Waals surface area (Å²) in [4.78, 5) is 14.4. The molecule has 3 aromatic rings. The molecule has 0 amide bonds. The van der Waals surface area contributed by atoms with Gasteiger partial charge in [-0.1, -0.05) is 30.3 Å². The summed E-state index contributed by atoms with van der Waals surface area (Å²) >= 11 is 0. The maximum atomic E-state index is 12.9. The monoisotopic (exact) mass is 320 g/mol. The molecule has 0 fully saturated rings. The van der Waals surface area contributed by atoms with Gasteiger partial charge in [-0.3, -0.25) is 4.79 Å². The topological polar surface area (TPSA) is 52.7 Å². The van der Waals surface area contributed by atoms with E-state index in [1.807, 2.05) is 30.3 Å². The van der Waals surface area contributed by atoms with Gasteiger partial charge in [0.1, 0.15) is 5.69 Å². The van der Waals surface area contributed by atoms with Gasteiger partial charge >= 0.3 is 0 Å². The zero-order valence-corrected chi connectivity index (χ0v) is 14.0. The predicted octanol–water partition coefficient (Wildman–Crippen LogP) is 2.93. The summed E-state index contributed by atoms with van der Waals surface area (Å²) in [5, 5.41) is 8.85. The van der Waals surface area contributed by atoms with Gasteiger partial charge in [0, 0.05) is 25.4 Å². The number of fused-ring (bicyclic) bond motifs is 1. The molecule has 2 aromatic heterocycles. The summed E-state index contributed by atoms with van der Waals surface area (Å²) in [7, 11) is 3.82. The van der Waals surface area contributed by atoms with Crippen LogP contribution in [0.4, 0.5) is 0 Å². The quantitative estimate of drug-likeness (QED) is 0.697. The van der Waals surface area contributed by atoms with Crippen LogP contribution in [0.25, 0.3) is 11.4 Å². The first-order valence-electron chi connectivity index (χ1n) is 8.34. The van der Waals surface area contributed by atoms with Gasteiger partial charge in [0.05, 0.1) is 5.69 Å². The highest BCUT2D eigenvalue weighted by Gasteiger charge is 2.25. The summed E-state index contributed by atoms with van der Waals surface area (Å²) in [5.41, 5.74) is 5.44. The third-order valence-corrected chi connectivity index (χ3v) is 4.76.